The van der Waals surface area contributed by atoms with Gasteiger partial charge in [-0.2, -0.15) is 13.2 Å². The Kier molecular flexibility index (Phi) is 8.20. The van der Waals surface area contributed by atoms with Crippen molar-refractivity contribution in [3.8, 4) is 11.1 Å². The molecule has 0 spiro atoms. The van der Waals surface area contributed by atoms with Crippen LogP contribution in [0.5, 0.6) is 0 Å². The summed E-state index contributed by atoms with van der Waals surface area (Å²) >= 11 is 8.22. The maximum absolute atomic E-state index is 12.9. The van der Waals surface area contributed by atoms with Gasteiger partial charge in [-0.15, -0.1) is 11.3 Å². The summed E-state index contributed by atoms with van der Waals surface area (Å²) in [6.45, 7) is 6.40. The van der Waals surface area contributed by atoms with Gasteiger partial charge in [-0.1, -0.05) is 31.9 Å². The molecule has 2 saturated heterocycles. The average Bonchev–Trinajstić information content (AvgIpc) is 3.33. The quantitative estimate of drug-likeness (QED) is 0.219. The molecule has 2 aliphatic heterocycles. The smallest absolute Gasteiger partial charge is 0.475 e. The second-order valence-corrected chi connectivity index (χ2v) is 14.0. The Balaban J connectivity index is 0.000000460. The number of aryl methyl sites for hydroxylation is 1. The molecule has 0 bridgehead atoms. The molecule has 45 heavy (non-hydrogen) atoms. The summed E-state index contributed by atoms with van der Waals surface area (Å²) in [6.07, 6.45) is 3.83. The Morgan fingerprint density at radius 2 is 1.84 bits per heavy atom. The summed E-state index contributed by atoms with van der Waals surface area (Å²) in [5.74, 6) is -3.13. The minimum atomic E-state index is -5.08. The first kappa shape index (κ1) is 31.5. The molecule has 3 fully saturated rings. The van der Waals surface area contributed by atoms with E-state index in [-0.39, 0.29) is 29.1 Å². The molecule has 4 aromatic rings. The molecule has 3 atom stereocenters. The van der Waals surface area contributed by atoms with Crippen LogP contribution in [0.3, 0.4) is 0 Å². The first-order valence-corrected chi connectivity index (χ1v) is 16.0. The van der Waals surface area contributed by atoms with Crippen LogP contribution in [-0.4, -0.2) is 56.1 Å². The minimum absolute atomic E-state index is 0.0301. The summed E-state index contributed by atoms with van der Waals surface area (Å²) in [6, 6.07) is 10.9. The molecular formula is C32H32ClF3N4O4S. The van der Waals surface area contributed by atoms with E-state index in [0.29, 0.717) is 17.6 Å². The third-order valence-electron chi connectivity index (χ3n) is 9.16. The largest absolute Gasteiger partial charge is 0.490 e. The SMILES string of the molecule is CC1(C)C2C(=O)N(Cc3cc4nccc(-c5cc(Cl)cc6ccn(CCC7CCCCN7)c56)c4s3)C(=O)C21.O=C(O)C(F)(F)F. The van der Waals surface area contributed by atoms with Gasteiger partial charge < -0.3 is 15.0 Å². The number of aliphatic carboxylic acids is 1. The van der Waals surface area contributed by atoms with Crippen molar-refractivity contribution in [2.24, 2.45) is 17.3 Å². The van der Waals surface area contributed by atoms with Crippen molar-refractivity contribution in [2.45, 2.75) is 64.8 Å². The number of benzene rings is 1. The zero-order valence-electron chi connectivity index (χ0n) is 24.7. The van der Waals surface area contributed by atoms with Crippen molar-refractivity contribution in [2.75, 3.05) is 6.54 Å². The number of nitrogens with one attached hydrogen (secondary N) is 1. The van der Waals surface area contributed by atoms with Crippen LogP contribution in [0.15, 0.2) is 42.7 Å². The van der Waals surface area contributed by atoms with Gasteiger partial charge in [0.05, 0.1) is 34.1 Å². The fourth-order valence-corrected chi connectivity index (χ4v) is 8.12. The number of carboxylic acids is 1. The molecule has 238 valence electrons. The van der Waals surface area contributed by atoms with Gasteiger partial charge in [-0.3, -0.25) is 19.5 Å². The van der Waals surface area contributed by atoms with Crippen molar-refractivity contribution in [3.05, 3.63) is 52.6 Å². The fraction of sp³-hybridized carbons (Fsp3) is 0.438. The second-order valence-electron chi connectivity index (χ2n) is 12.5. The number of alkyl halides is 3. The molecule has 1 aromatic carbocycles. The fourth-order valence-electron chi connectivity index (χ4n) is 6.76. The number of carboxylic acid groups (broad SMARTS) is 1. The number of fused-ring (bicyclic) bond motifs is 3. The molecule has 5 heterocycles. The summed E-state index contributed by atoms with van der Waals surface area (Å²) < 4.78 is 35.1. The van der Waals surface area contributed by atoms with Crippen LogP contribution in [0.25, 0.3) is 32.2 Å². The van der Waals surface area contributed by atoms with Gasteiger partial charge in [0.2, 0.25) is 11.8 Å². The van der Waals surface area contributed by atoms with E-state index in [1.54, 1.807) is 11.3 Å². The number of likely N-dealkylation sites (tertiary alicyclic amines) is 1. The van der Waals surface area contributed by atoms with E-state index in [1.807, 2.05) is 32.2 Å². The highest BCUT2D eigenvalue weighted by atomic mass is 35.5. The predicted octanol–water partition coefficient (Wildman–Crippen LogP) is 6.88. The number of pyridine rings is 1. The zero-order valence-corrected chi connectivity index (χ0v) is 26.2. The number of carbonyl (C=O) groups excluding carboxylic acids is 2. The van der Waals surface area contributed by atoms with Crippen LogP contribution in [0, 0.1) is 17.3 Å². The van der Waals surface area contributed by atoms with Crippen molar-refractivity contribution < 1.29 is 32.7 Å². The molecule has 7 rings (SSSR count). The van der Waals surface area contributed by atoms with Crippen molar-refractivity contribution >= 4 is 61.8 Å². The van der Waals surface area contributed by atoms with Crippen molar-refractivity contribution in [1.29, 1.82) is 0 Å². The van der Waals surface area contributed by atoms with E-state index in [4.69, 9.17) is 21.5 Å². The van der Waals surface area contributed by atoms with Gasteiger partial charge in [0.15, 0.2) is 0 Å². The predicted molar refractivity (Wildman–Crippen MR) is 166 cm³/mol. The standard InChI is InChI=1S/C30H31ClN4O2S.C2HF3O2/c1-30(2)24-25(30)29(37)35(28(24)36)16-20-15-23-27(38-20)21(6-10-33-23)22-14-18(31)13-17-7-11-34(26(17)22)12-8-19-5-3-4-9-32-19;3-2(4,5)1(6)7/h6-7,10-11,13-15,19,24-25,32H,3-5,8-9,12,16H2,1-2H3;(H,6,7). The van der Waals surface area contributed by atoms with Gasteiger partial charge in [0, 0.05) is 51.4 Å². The molecule has 1 saturated carbocycles. The van der Waals surface area contributed by atoms with Crippen LogP contribution in [0.4, 0.5) is 13.2 Å². The Hall–Kier alpha value is -3.48. The maximum atomic E-state index is 12.9. The topological polar surface area (TPSA) is 105 Å². The molecule has 2 amide bonds. The number of hydrogen-bond donors (Lipinski definition) is 2. The van der Waals surface area contributed by atoms with E-state index in [1.165, 1.54) is 29.7 Å². The van der Waals surface area contributed by atoms with Crippen LogP contribution < -0.4 is 5.32 Å². The van der Waals surface area contributed by atoms with E-state index in [9.17, 15) is 22.8 Å². The summed E-state index contributed by atoms with van der Waals surface area (Å²) in [5.41, 5.74) is 4.03. The molecular weight excluding hydrogens is 629 g/mol. The lowest BCUT2D eigenvalue weighted by atomic mass is 10.0. The number of piperidine rings is 2. The summed E-state index contributed by atoms with van der Waals surface area (Å²) in [7, 11) is 0. The lowest BCUT2D eigenvalue weighted by Crippen LogP contribution is -2.35. The number of aromatic nitrogens is 2. The number of nitrogens with zero attached hydrogens (tertiary/aromatic N) is 3. The highest BCUT2D eigenvalue weighted by molar-refractivity contribution is 7.19. The average molecular weight is 661 g/mol. The molecule has 2 N–H and O–H groups in total. The lowest BCUT2D eigenvalue weighted by Gasteiger charge is -2.24. The summed E-state index contributed by atoms with van der Waals surface area (Å²) in [4.78, 5) is 41.8. The number of thiophene rings is 1. The van der Waals surface area contributed by atoms with E-state index in [0.717, 1.165) is 51.1 Å². The van der Waals surface area contributed by atoms with Gasteiger partial charge >= 0.3 is 12.1 Å². The summed E-state index contributed by atoms with van der Waals surface area (Å²) in [5, 5.41) is 12.6. The highest BCUT2D eigenvalue weighted by Gasteiger charge is 2.72. The van der Waals surface area contributed by atoms with Crippen LogP contribution in [0.2, 0.25) is 5.02 Å². The molecule has 13 heteroatoms. The monoisotopic (exact) mass is 660 g/mol. The van der Waals surface area contributed by atoms with Crippen LogP contribution in [0.1, 0.15) is 44.4 Å². The van der Waals surface area contributed by atoms with E-state index >= 15 is 0 Å². The number of imide groups is 1. The Morgan fingerprint density at radius 1 is 1.13 bits per heavy atom. The van der Waals surface area contributed by atoms with Gasteiger partial charge in [0.25, 0.3) is 0 Å². The minimum Gasteiger partial charge on any atom is -0.475 e. The molecule has 0 radical (unpaired) electrons. The number of halogens is 4. The zero-order chi connectivity index (χ0) is 32.3. The molecule has 3 aliphatic rings. The lowest BCUT2D eigenvalue weighted by molar-refractivity contribution is -0.192. The molecule has 3 unspecified atom stereocenters. The molecule has 8 nitrogen and oxygen atoms in total. The Labute approximate surface area is 266 Å². The number of amides is 2. The Bertz CT molecular complexity index is 1790. The molecule has 3 aromatic heterocycles. The van der Waals surface area contributed by atoms with E-state index in [2.05, 4.69) is 39.3 Å². The van der Waals surface area contributed by atoms with Crippen LogP contribution >= 0.6 is 22.9 Å². The number of rotatable bonds is 6. The number of hydrogen-bond acceptors (Lipinski definition) is 6. The van der Waals surface area contributed by atoms with Gasteiger partial charge in [-0.05, 0) is 61.6 Å². The molecule has 1 aliphatic carbocycles. The third-order valence-corrected chi connectivity index (χ3v) is 10.5. The van der Waals surface area contributed by atoms with Crippen molar-refractivity contribution in [1.82, 2.24) is 19.8 Å². The highest BCUT2D eigenvalue weighted by Crippen LogP contribution is 2.63. The third kappa shape index (κ3) is 5.95. The first-order valence-electron chi connectivity index (χ1n) is 14.8. The van der Waals surface area contributed by atoms with Crippen molar-refractivity contribution in [3.63, 3.8) is 0 Å². The Morgan fingerprint density at radius 3 is 2.49 bits per heavy atom. The van der Waals surface area contributed by atoms with Gasteiger partial charge in [-0.25, -0.2) is 4.79 Å². The normalized spacial score (nSPS) is 22.4. The maximum Gasteiger partial charge on any atom is 0.490 e. The second kappa shape index (κ2) is 11.7. The van der Waals surface area contributed by atoms with Crippen LogP contribution in [-0.2, 0) is 27.5 Å². The number of carbonyl (C=O) groups is 3. The first-order chi connectivity index (χ1) is 21.3. The van der Waals surface area contributed by atoms with E-state index < -0.39 is 12.1 Å². The van der Waals surface area contributed by atoms with Gasteiger partial charge in [0.1, 0.15) is 0 Å².